The molecule has 4 heteroatoms. The van der Waals surface area contributed by atoms with Gasteiger partial charge in [0.25, 0.3) is 0 Å². The van der Waals surface area contributed by atoms with Gasteiger partial charge in [0.05, 0.1) is 5.75 Å². The summed E-state index contributed by atoms with van der Waals surface area (Å²) < 4.78 is 21.4. The van der Waals surface area contributed by atoms with Crippen molar-refractivity contribution in [2.45, 2.75) is 12.3 Å². The largest absolute Gasteiger partial charge is 0.240 e. The first kappa shape index (κ1) is 7.76. The first-order valence-electron chi connectivity index (χ1n) is 3.75. The summed E-state index contributed by atoms with van der Waals surface area (Å²) in [5, 5.41) is 0. The van der Waals surface area contributed by atoms with Gasteiger partial charge in [-0.2, -0.15) is 0 Å². The molecule has 1 atom stereocenters. The molecule has 0 aromatic heterocycles. The maximum Gasteiger partial charge on any atom is 0.109 e. The third-order valence-corrected chi connectivity index (χ3v) is 3.30. The van der Waals surface area contributed by atoms with Crippen molar-refractivity contribution >= 4 is 9.92 Å². The Morgan fingerprint density at radius 3 is 2.75 bits per heavy atom. The fourth-order valence-corrected chi connectivity index (χ4v) is 2.55. The summed E-state index contributed by atoms with van der Waals surface area (Å²) in [4.78, 5) is 0. The van der Waals surface area contributed by atoms with Crippen LogP contribution in [0, 0.1) is 4.78 Å². The maximum atomic E-state index is 11.3. The Labute approximate surface area is 71.9 Å². The molecule has 64 valence electrons. The van der Waals surface area contributed by atoms with E-state index in [1.807, 2.05) is 24.3 Å². The number of benzene rings is 1. The number of hydrogen-bond donors (Lipinski definition) is 2. The van der Waals surface area contributed by atoms with E-state index in [-0.39, 0.29) is 0 Å². The van der Waals surface area contributed by atoms with Crippen molar-refractivity contribution in [2.75, 3.05) is 0 Å². The van der Waals surface area contributed by atoms with Gasteiger partial charge in [-0.25, -0.2) is 13.7 Å². The average Bonchev–Trinajstić information content (AvgIpc) is 2.02. The van der Waals surface area contributed by atoms with Gasteiger partial charge in [0.15, 0.2) is 0 Å². The molecule has 0 spiro atoms. The predicted molar refractivity (Wildman–Crippen MR) is 47.8 cm³/mol. The third-order valence-electron chi connectivity index (χ3n) is 1.97. The smallest absolute Gasteiger partial charge is 0.109 e. The summed E-state index contributed by atoms with van der Waals surface area (Å²) in [6.07, 6.45) is 0. The van der Waals surface area contributed by atoms with Crippen LogP contribution in [-0.4, -0.2) is 4.21 Å². The van der Waals surface area contributed by atoms with Gasteiger partial charge in [0, 0.05) is 6.54 Å². The van der Waals surface area contributed by atoms with Gasteiger partial charge < -0.3 is 0 Å². The van der Waals surface area contributed by atoms with Crippen LogP contribution in [0.5, 0.6) is 0 Å². The highest BCUT2D eigenvalue weighted by Gasteiger charge is 2.15. The van der Waals surface area contributed by atoms with E-state index in [1.54, 1.807) is 0 Å². The zero-order chi connectivity index (χ0) is 8.60. The highest BCUT2D eigenvalue weighted by atomic mass is 32.2. The Balaban J connectivity index is 2.48. The molecule has 2 rings (SSSR count). The zero-order valence-corrected chi connectivity index (χ0v) is 7.36. The molecule has 0 aliphatic carbocycles. The van der Waals surface area contributed by atoms with Gasteiger partial charge in [-0.3, -0.25) is 0 Å². The Kier molecular flexibility index (Phi) is 1.66. The van der Waals surface area contributed by atoms with Crippen molar-refractivity contribution in [1.29, 1.82) is 4.78 Å². The molecular formula is C8H10N2OS. The molecule has 0 amide bonds. The predicted octanol–water partition coefficient (Wildman–Crippen LogP) is 1.25. The minimum atomic E-state index is -2.55. The molecule has 0 saturated carbocycles. The van der Waals surface area contributed by atoms with Crippen LogP contribution in [0.3, 0.4) is 0 Å². The van der Waals surface area contributed by atoms with Crippen molar-refractivity contribution in [3.63, 3.8) is 0 Å². The summed E-state index contributed by atoms with van der Waals surface area (Å²) in [5.41, 5.74) is 2.19. The zero-order valence-electron chi connectivity index (χ0n) is 6.54. The second-order valence-electron chi connectivity index (χ2n) is 2.91. The fourth-order valence-electron chi connectivity index (χ4n) is 1.34. The lowest BCUT2D eigenvalue weighted by Gasteiger charge is -2.18. The van der Waals surface area contributed by atoms with E-state index in [0.29, 0.717) is 12.3 Å². The summed E-state index contributed by atoms with van der Waals surface area (Å²) in [6, 6.07) is 7.80. The second-order valence-corrected chi connectivity index (χ2v) is 4.84. The summed E-state index contributed by atoms with van der Waals surface area (Å²) in [7, 11) is -2.55. The van der Waals surface area contributed by atoms with Crippen molar-refractivity contribution in [2.24, 2.45) is 0 Å². The molecule has 0 saturated heterocycles. The van der Waals surface area contributed by atoms with Crippen LogP contribution in [0.1, 0.15) is 11.1 Å². The molecule has 2 N–H and O–H groups in total. The van der Waals surface area contributed by atoms with Crippen LogP contribution in [0.2, 0.25) is 0 Å². The van der Waals surface area contributed by atoms with Crippen molar-refractivity contribution in [1.82, 2.24) is 4.72 Å². The number of hydrogen-bond acceptors (Lipinski definition) is 2. The van der Waals surface area contributed by atoms with Crippen molar-refractivity contribution in [3.8, 4) is 0 Å². The molecule has 0 bridgehead atoms. The standard InChI is InChI=1S/C8H10N2OS/c9-12(11)6-8-4-2-1-3-7(8)5-10-12/h1-4H,5-6H2,(H2,9,10,11). The van der Waals surface area contributed by atoms with Gasteiger partial charge in [-0.15, -0.1) is 0 Å². The molecule has 1 aliphatic heterocycles. The van der Waals surface area contributed by atoms with Gasteiger partial charge in [0.2, 0.25) is 0 Å². The summed E-state index contributed by atoms with van der Waals surface area (Å²) in [6.45, 7) is 0.554. The topological polar surface area (TPSA) is 53.0 Å². The van der Waals surface area contributed by atoms with Gasteiger partial charge in [0.1, 0.15) is 9.92 Å². The number of nitrogens with one attached hydrogen (secondary N) is 2. The van der Waals surface area contributed by atoms with Gasteiger partial charge >= 0.3 is 0 Å². The third kappa shape index (κ3) is 1.35. The normalized spacial score (nSPS) is 28.0. The molecule has 3 nitrogen and oxygen atoms in total. The molecular weight excluding hydrogens is 172 g/mol. The van der Waals surface area contributed by atoms with Crippen LogP contribution in [0.15, 0.2) is 24.3 Å². The van der Waals surface area contributed by atoms with E-state index < -0.39 is 9.92 Å². The number of fused-ring (bicyclic) bond motifs is 1. The quantitative estimate of drug-likeness (QED) is 0.623. The fraction of sp³-hybridized carbons (Fsp3) is 0.250. The van der Waals surface area contributed by atoms with E-state index in [1.165, 1.54) is 0 Å². The Hall–Kier alpha value is -0.870. The molecule has 0 fully saturated rings. The average molecular weight is 182 g/mol. The molecule has 1 aromatic carbocycles. The first-order chi connectivity index (χ1) is 5.67. The second kappa shape index (κ2) is 2.57. The Morgan fingerprint density at radius 1 is 1.33 bits per heavy atom. The van der Waals surface area contributed by atoms with Crippen LogP contribution < -0.4 is 4.72 Å². The number of rotatable bonds is 0. The lowest BCUT2D eigenvalue weighted by atomic mass is 10.1. The van der Waals surface area contributed by atoms with E-state index in [9.17, 15) is 4.21 Å². The van der Waals surface area contributed by atoms with E-state index in [4.69, 9.17) is 4.78 Å². The minimum absolute atomic E-state index is 0.336. The lowest BCUT2D eigenvalue weighted by Crippen LogP contribution is -2.28. The lowest BCUT2D eigenvalue weighted by molar-refractivity contribution is 0.656. The Morgan fingerprint density at radius 2 is 2.00 bits per heavy atom. The SMILES string of the molecule is N=S1(=O)Cc2ccccc2CN1. The molecule has 1 aliphatic rings. The summed E-state index contributed by atoms with van der Waals surface area (Å²) >= 11 is 0. The highest BCUT2D eigenvalue weighted by Crippen LogP contribution is 2.16. The van der Waals surface area contributed by atoms with Crippen LogP contribution in [0.4, 0.5) is 0 Å². The molecule has 0 radical (unpaired) electrons. The molecule has 1 unspecified atom stereocenters. The van der Waals surface area contributed by atoms with Crippen LogP contribution >= 0.6 is 0 Å². The molecule has 1 heterocycles. The summed E-state index contributed by atoms with van der Waals surface area (Å²) in [5.74, 6) is 0.336. The van der Waals surface area contributed by atoms with E-state index >= 15 is 0 Å². The molecule has 1 aromatic rings. The van der Waals surface area contributed by atoms with Crippen molar-refractivity contribution in [3.05, 3.63) is 35.4 Å². The highest BCUT2D eigenvalue weighted by molar-refractivity contribution is 7.89. The van der Waals surface area contributed by atoms with Crippen LogP contribution in [-0.2, 0) is 22.2 Å². The Bertz CT molecular complexity index is 397. The van der Waals surface area contributed by atoms with E-state index in [0.717, 1.165) is 11.1 Å². The monoisotopic (exact) mass is 182 g/mol. The van der Waals surface area contributed by atoms with E-state index in [2.05, 4.69) is 4.72 Å². The van der Waals surface area contributed by atoms with Gasteiger partial charge in [-0.1, -0.05) is 24.3 Å². The minimum Gasteiger partial charge on any atom is -0.240 e. The maximum absolute atomic E-state index is 11.3. The van der Waals surface area contributed by atoms with Crippen LogP contribution in [0.25, 0.3) is 0 Å². The molecule has 12 heavy (non-hydrogen) atoms. The first-order valence-corrected chi connectivity index (χ1v) is 5.48. The van der Waals surface area contributed by atoms with Crippen molar-refractivity contribution < 1.29 is 4.21 Å². The van der Waals surface area contributed by atoms with Gasteiger partial charge in [-0.05, 0) is 11.1 Å².